The van der Waals surface area contributed by atoms with Gasteiger partial charge in [0.05, 0.1) is 19.2 Å². The summed E-state index contributed by atoms with van der Waals surface area (Å²) in [5, 5.41) is 8.95. The third-order valence-electron chi connectivity index (χ3n) is 3.67. The summed E-state index contributed by atoms with van der Waals surface area (Å²) < 4.78 is 5.31. The number of hydrogen-bond donors (Lipinski definition) is 2. The summed E-state index contributed by atoms with van der Waals surface area (Å²) in [4.78, 5) is 21.1. The Bertz CT molecular complexity index is 951. The minimum atomic E-state index is -0.535. The second kappa shape index (κ2) is 7.56. The SMILES string of the molecule is COc1ccccc1CN=C(N)N(OC(C)=O)c1n[nH]c2ccccc12. The molecule has 8 nitrogen and oxygen atoms in total. The summed E-state index contributed by atoms with van der Waals surface area (Å²) in [5.41, 5.74) is 7.74. The fraction of sp³-hybridized carbons (Fsp3) is 0.167. The van der Waals surface area contributed by atoms with Gasteiger partial charge in [-0.25, -0.2) is 9.79 Å². The lowest BCUT2D eigenvalue weighted by molar-refractivity contribution is -0.140. The minimum Gasteiger partial charge on any atom is -0.496 e. The highest BCUT2D eigenvalue weighted by Gasteiger charge is 2.20. The Morgan fingerprint density at radius 3 is 2.73 bits per heavy atom. The lowest BCUT2D eigenvalue weighted by atomic mass is 10.2. The van der Waals surface area contributed by atoms with Crippen molar-refractivity contribution in [3.63, 3.8) is 0 Å². The maximum atomic E-state index is 11.5. The number of aromatic amines is 1. The second-order valence-corrected chi connectivity index (χ2v) is 5.46. The maximum absolute atomic E-state index is 11.5. The Labute approximate surface area is 150 Å². The van der Waals surface area contributed by atoms with Crippen molar-refractivity contribution in [3.05, 3.63) is 54.1 Å². The zero-order valence-electron chi connectivity index (χ0n) is 14.5. The predicted molar refractivity (Wildman–Crippen MR) is 98.7 cm³/mol. The summed E-state index contributed by atoms with van der Waals surface area (Å²) >= 11 is 0. The highest BCUT2D eigenvalue weighted by molar-refractivity contribution is 6.01. The number of carbonyl (C=O) groups excluding carboxylic acids is 1. The number of anilines is 1. The van der Waals surface area contributed by atoms with Gasteiger partial charge in [-0.05, 0) is 18.2 Å². The Morgan fingerprint density at radius 1 is 1.23 bits per heavy atom. The van der Waals surface area contributed by atoms with Crippen molar-refractivity contribution < 1.29 is 14.4 Å². The fourth-order valence-electron chi connectivity index (χ4n) is 2.49. The third-order valence-corrected chi connectivity index (χ3v) is 3.67. The molecule has 3 aromatic rings. The number of nitrogens with two attached hydrogens (primary N) is 1. The Hall–Kier alpha value is -3.55. The van der Waals surface area contributed by atoms with Crippen LogP contribution in [0.5, 0.6) is 5.75 Å². The molecule has 0 fully saturated rings. The number of ether oxygens (including phenoxy) is 1. The summed E-state index contributed by atoms with van der Waals surface area (Å²) in [6, 6.07) is 14.9. The standard InChI is InChI=1S/C18H19N5O3/c1-12(24)26-23(17-14-8-4-5-9-15(14)21-22-17)18(19)20-11-13-7-3-6-10-16(13)25-2/h3-10H,11H2,1-2H3,(H2,19,20)(H,21,22). The van der Waals surface area contributed by atoms with Crippen LogP contribution in [0.4, 0.5) is 5.82 Å². The van der Waals surface area contributed by atoms with Gasteiger partial charge in [-0.2, -0.15) is 5.10 Å². The topological polar surface area (TPSA) is 106 Å². The van der Waals surface area contributed by atoms with E-state index in [1.165, 1.54) is 6.92 Å². The number of aliphatic imine (C=N–C) groups is 1. The first-order chi connectivity index (χ1) is 12.6. The quantitative estimate of drug-likeness (QED) is 0.424. The largest absolute Gasteiger partial charge is 0.496 e. The summed E-state index contributed by atoms with van der Waals surface area (Å²) in [6.45, 7) is 1.55. The summed E-state index contributed by atoms with van der Waals surface area (Å²) in [7, 11) is 1.59. The van der Waals surface area contributed by atoms with Gasteiger partial charge in [-0.15, -0.1) is 5.06 Å². The van der Waals surface area contributed by atoms with Crippen LogP contribution in [0.15, 0.2) is 53.5 Å². The van der Waals surface area contributed by atoms with Crippen molar-refractivity contribution in [1.82, 2.24) is 10.2 Å². The molecule has 0 spiro atoms. The van der Waals surface area contributed by atoms with E-state index in [4.69, 9.17) is 15.3 Å². The van der Waals surface area contributed by atoms with Gasteiger partial charge >= 0.3 is 5.97 Å². The summed E-state index contributed by atoms with van der Waals surface area (Å²) in [5.74, 6) is 0.529. The number of fused-ring (bicyclic) bond motifs is 1. The minimum absolute atomic E-state index is 0.00311. The smallest absolute Gasteiger partial charge is 0.330 e. The molecule has 0 aliphatic carbocycles. The van der Waals surface area contributed by atoms with E-state index in [0.717, 1.165) is 21.5 Å². The Morgan fingerprint density at radius 2 is 1.96 bits per heavy atom. The number of hydrogen-bond acceptors (Lipinski definition) is 5. The van der Waals surface area contributed by atoms with Crippen LogP contribution in [0, 0.1) is 0 Å². The molecular weight excluding hydrogens is 334 g/mol. The molecule has 0 unspecified atom stereocenters. The van der Waals surface area contributed by atoms with Crippen LogP contribution >= 0.6 is 0 Å². The number of hydroxylamine groups is 1. The molecule has 0 aliphatic rings. The molecule has 134 valence electrons. The van der Waals surface area contributed by atoms with Crippen molar-refractivity contribution >= 4 is 28.6 Å². The van der Waals surface area contributed by atoms with E-state index in [1.807, 2.05) is 48.5 Å². The van der Waals surface area contributed by atoms with Crippen molar-refractivity contribution in [1.29, 1.82) is 0 Å². The number of methoxy groups -OCH3 is 1. The zero-order chi connectivity index (χ0) is 18.5. The average molecular weight is 353 g/mol. The number of carbonyl (C=O) groups is 1. The lowest BCUT2D eigenvalue weighted by Gasteiger charge is -2.19. The molecule has 0 atom stereocenters. The Balaban J connectivity index is 1.93. The van der Waals surface area contributed by atoms with Crippen LogP contribution in [-0.2, 0) is 16.2 Å². The highest BCUT2D eigenvalue weighted by atomic mass is 16.7. The molecule has 26 heavy (non-hydrogen) atoms. The van der Waals surface area contributed by atoms with E-state index < -0.39 is 5.97 Å². The van der Waals surface area contributed by atoms with Crippen molar-refractivity contribution in [2.24, 2.45) is 10.7 Å². The van der Waals surface area contributed by atoms with Crippen molar-refractivity contribution in [2.75, 3.05) is 12.2 Å². The van der Waals surface area contributed by atoms with Gasteiger partial charge in [0.1, 0.15) is 5.75 Å². The molecule has 1 aromatic heterocycles. The maximum Gasteiger partial charge on any atom is 0.330 e. The molecule has 0 bridgehead atoms. The van der Waals surface area contributed by atoms with Crippen LogP contribution in [0.25, 0.3) is 10.9 Å². The van der Waals surface area contributed by atoms with Gasteiger partial charge in [0.15, 0.2) is 0 Å². The third kappa shape index (κ3) is 3.59. The lowest BCUT2D eigenvalue weighted by Crippen LogP contribution is -2.39. The second-order valence-electron chi connectivity index (χ2n) is 5.46. The molecule has 0 saturated heterocycles. The molecule has 3 rings (SSSR count). The number of para-hydroxylation sites is 2. The van der Waals surface area contributed by atoms with Gasteiger partial charge in [-0.1, -0.05) is 30.3 Å². The van der Waals surface area contributed by atoms with Crippen LogP contribution in [-0.4, -0.2) is 29.2 Å². The van der Waals surface area contributed by atoms with Crippen molar-refractivity contribution in [2.45, 2.75) is 13.5 Å². The van der Waals surface area contributed by atoms with Gasteiger partial charge in [0, 0.05) is 17.9 Å². The van der Waals surface area contributed by atoms with E-state index in [9.17, 15) is 4.79 Å². The number of nitrogens with one attached hydrogen (secondary N) is 1. The Kier molecular flexibility index (Phi) is 5.02. The van der Waals surface area contributed by atoms with Crippen LogP contribution in [0.1, 0.15) is 12.5 Å². The number of nitrogens with zero attached hydrogens (tertiary/aromatic N) is 3. The first-order valence-corrected chi connectivity index (χ1v) is 7.93. The molecule has 0 aliphatic heterocycles. The van der Waals surface area contributed by atoms with Crippen LogP contribution < -0.4 is 15.5 Å². The van der Waals surface area contributed by atoms with Gasteiger partial charge in [0.2, 0.25) is 11.8 Å². The zero-order valence-corrected chi connectivity index (χ0v) is 14.5. The fourth-order valence-corrected chi connectivity index (χ4v) is 2.49. The monoisotopic (exact) mass is 353 g/mol. The molecule has 3 N–H and O–H groups in total. The number of guanidine groups is 1. The number of H-pyrrole nitrogens is 1. The van der Waals surface area contributed by atoms with E-state index in [-0.39, 0.29) is 12.5 Å². The molecule has 0 amide bonds. The predicted octanol–water partition coefficient (Wildman–Crippen LogP) is 2.37. The van der Waals surface area contributed by atoms with E-state index in [2.05, 4.69) is 15.2 Å². The highest BCUT2D eigenvalue weighted by Crippen LogP contribution is 2.24. The van der Waals surface area contributed by atoms with Crippen LogP contribution in [0.2, 0.25) is 0 Å². The number of aromatic nitrogens is 2. The van der Waals surface area contributed by atoms with E-state index >= 15 is 0 Å². The van der Waals surface area contributed by atoms with Crippen molar-refractivity contribution in [3.8, 4) is 5.75 Å². The van der Waals surface area contributed by atoms with Gasteiger partial charge in [0.25, 0.3) is 0 Å². The molecule has 2 aromatic carbocycles. The molecule has 8 heteroatoms. The molecule has 1 heterocycles. The summed E-state index contributed by atoms with van der Waals surface area (Å²) in [6.07, 6.45) is 0. The number of rotatable bonds is 4. The first kappa shape index (κ1) is 17.3. The molecular formula is C18H19N5O3. The first-order valence-electron chi connectivity index (χ1n) is 7.93. The van der Waals surface area contributed by atoms with E-state index in [1.54, 1.807) is 7.11 Å². The normalized spacial score (nSPS) is 11.4. The number of benzene rings is 2. The van der Waals surface area contributed by atoms with Gasteiger partial charge < -0.3 is 15.3 Å². The van der Waals surface area contributed by atoms with Gasteiger partial charge in [-0.3, -0.25) is 5.10 Å². The molecule has 0 radical (unpaired) electrons. The molecule has 0 saturated carbocycles. The van der Waals surface area contributed by atoms with E-state index in [0.29, 0.717) is 11.6 Å². The average Bonchev–Trinajstić information content (AvgIpc) is 3.08. The van der Waals surface area contributed by atoms with Crippen LogP contribution in [0.3, 0.4) is 0 Å².